The van der Waals surface area contributed by atoms with Crippen molar-refractivity contribution in [2.24, 2.45) is 0 Å². The van der Waals surface area contributed by atoms with Crippen LogP contribution >= 0.6 is 0 Å². The van der Waals surface area contributed by atoms with Gasteiger partial charge in [0.2, 0.25) is 5.91 Å². The molecular weight excluding hydrogens is 302 g/mol. The molecule has 2 aromatic heterocycles. The molecule has 1 N–H and O–H groups in total. The summed E-state index contributed by atoms with van der Waals surface area (Å²) < 4.78 is 5.37. The van der Waals surface area contributed by atoms with Gasteiger partial charge in [-0.25, -0.2) is 4.98 Å². The highest BCUT2D eigenvalue weighted by Gasteiger charge is 2.11. The van der Waals surface area contributed by atoms with E-state index in [2.05, 4.69) is 27.4 Å². The van der Waals surface area contributed by atoms with E-state index in [0.29, 0.717) is 30.1 Å². The zero-order valence-electron chi connectivity index (χ0n) is 13.3. The van der Waals surface area contributed by atoms with Crippen LogP contribution in [0.4, 0.5) is 0 Å². The van der Waals surface area contributed by atoms with Crippen molar-refractivity contribution in [2.45, 2.75) is 25.8 Å². The van der Waals surface area contributed by atoms with Crippen molar-refractivity contribution in [1.82, 2.24) is 15.3 Å². The van der Waals surface area contributed by atoms with Gasteiger partial charge < -0.3 is 9.73 Å². The number of carbonyl (C=O) groups excluding carboxylic acids is 1. The van der Waals surface area contributed by atoms with Crippen LogP contribution in [-0.2, 0) is 17.8 Å². The summed E-state index contributed by atoms with van der Waals surface area (Å²) >= 11 is 0. The molecule has 122 valence electrons. The first kappa shape index (κ1) is 15.9. The van der Waals surface area contributed by atoms with Gasteiger partial charge in [-0.1, -0.05) is 30.3 Å². The number of hydrogen-bond acceptors (Lipinski definition) is 4. The van der Waals surface area contributed by atoms with E-state index in [1.165, 1.54) is 5.56 Å². The maximum atomic E-state index is 12.0. The van der Waals surface area contributed by atoms with Crippen LogP contribution in [0.15, 0.2) is 65.5 Å². The fourth-order valence-corrected chi connectivity index (χ4v) is 2.48. The number of nitrogens with zero attached hydrogens (tertiary/aromatic N) is 2. The van der Waals surface area contributed by atoms with E-state index in [-0.39, 0.29) is 5.91 Å². The minimum atomic E-state index is 0.0157. The summed E-state index contributed by atoms with van der Waals surface area (Å²) in [6.07, 6.45) is 7.03. The molecular formula is C19H19N3O2. The summed E-state index contributed by atoms with van der Waals surface area (Å²) in [6.45, 7) is 0.341. The zero-order valence-corrected chi connectivity index (χ0v) is 13.3. The molecule has 24 heavy (non-hydrogen) atoms. The van der Waals surface area contributed by atoms with E-state index in [1.807, 2.05) is 24.3 Å². The minimum absolute atomic E-state index is 0.0157. The Hall–Kier alpha value is -2.95. The van der Waals surface area contributed by atoms with Gasteiger partial charge in [-0.05, 0) is 30.5 Å². The van der Waals surface area contributed by atoms with Crippen molar-refractivity contribution in [3.8, 4) is 11.5 Å². The number of carbonyl (C=O) groups is 1. The van der Waals surface area contributed by atoms with Gasteiger partial charge in [-0.3, -0.25) is 9.78 Å². The lowest BCUT2D eigenvalue weighted by molar-refractivity contribution is -0.121. The number of hydrogen-bond donors (Lipinski definition) is 1. The lowest BCUT2D eigenvalue weighted by Crippen LogP contribution is -2.23. The molecule has 3 aromatic rings. The molecule has 0 aliphatic carbocycles. The first-order chi connectivity index (χ1) is 11.8. The van der Waals surface area contributed by atoms with Crippen molar-refractivity contribution in [3.05, 3.63) is 72.4 Å². The topological polar surface area (TPSA) is 68.0 Å². The van der Waals surface area contributed by atoms with E-state index in [9.17, 15) is 4.79 Å². The summed E-state index contributed by atoms with van der Waals surface area (Å²) in [5.74, 6) is 0.665. The summed E-state index contributed by atoms with van der Waals surface area (Å²) in [6, 6.07) is 13.8. The fraction of sp³-hybridized carbons (Fsp3) is 0.211. The normalized spacial score (nSPS) is 10.5. The molecule has 0 saturated heterocycles. The largest absolute Gasteiger partial charge is 0.463 e. The standard InChI is InChI=1S/C19H19N3O2/c23-18(10-4-8-15-6-2-1-3-7-15)22-14-16-19(21-12-11-20-16)17-9-5-13-24-17/h1-3,5-7,9,11-13H,4,8,10,14H2,(H,22,23). The predicted octanol–water partition coefficient (Wildman–Crippen LogP) is 3.38. The van der Waals surface area contributed by atoms with Gasteiger partial charge in [0, 0.05) is 18.8 Å². The number of benzene rings is 1. The number of furan rings is 1. The molecule has 0 unspecified atom stereocenters. The Morgan fingerprint density at radius 3 is 2.67 bits per heavy atom. The van der Waals surface area contributed by atoms with Crippen LogP contribution in [0.25, 0.3) is 11.5 Å². The van der Waals surface area contributed by atoms with Crippen LogP contribution in [0.3, 0.4) is 0 Å². The minimum Gasteiger partial charge on any atom is -0.463 e. The highest BCUT2D eigenvalue weighted by atomic mass is 16.3. The molecule has 0 aliphatic rings. The van der Waals surface area contributed by atoms with Crippen molar-refractivity contribution in [3.63, 3.8) is 0 Å². The highest BCUT2D eigenvalue weighted by Crippen LogP contribution is 2.19. The average Bonchev–Trinajstić information content (AvgIpc) is 3.16. The predicted molar refractivity (Wildman–Crippen MR) is 91.0 cm³/mol. The second kappa shape index (κ2) is 8.06. The van der Waals surface area contributed by atoms with E-state index in [4.69, 9.17) is 4.42 Å². The van der Waals surface area contributed by atoms with Gasteiger partial charge in [-0.2, -0.15) is 0 Å². The smallest absolute Gasteiger partial charge is 0.220 e. The quantitative estimate of drug-likeness (QED) is 0.724. The highest BCUT2D eigenvalue weighted by molar-refractivity contribution is 5.76. The molecule has 0 aliphatic heterocycles. The second-order valence-corrected chi connectivity index (χ2v) is 5.44. The van der Waals surface area contributed by atoms with Crippen LogP contribution in [0.5, 0.6) is 0 Å². The van der Waals surface area contributed by atoms with Gasteiger partial charge in [0.15, 0.2) is 5.76 Å². The van der Waals surface area contributed by atoms with E-state index in [1.54, 1.807) is 24.7 Å². The zero-order chi connectivity index (χ0) is 16.6. The monoisotopic (exact) mass is 321 g/mol. The lowest BCUT2D eigenvalue weighted by Gasteiger charge is -2.07. The number of nitrogens with one attached hydrogen (secondary N) is 1. The molecule has 1 aromatic carbocycles. The van der Waals surface area contributed by atoms with Crippen molar-refractivity contribution < 1.29 is 9.21 Å². The van der Waals surface area contributed by atoms with E-state index < -0.39 is 0 Å². The molecule has 0 spiro atoms. The summed E-state index contributed by atoms with van der Waals surface area (Å²) in [7, 11) is 0. The Kier molecular flexibility index (Phi) is 5.35. The molecule has 1 amide bonds. The molecule has 0 bridgehead atoms. The van der Waals surface area contributed by atoms with Gasteiger partial charge in [-0.15, -0.1) is 0 Å². The Balaban J connectivity index is 1.50. The SMILES string of the molecule is O=C(CCCc1ccccc1)NCc1nccnc1-c1ccco1. The fourth-order valence-electron chi connectivity index (χ4n) is 2.48. The number of amides is 1. The van der Waals surface area contributed by atoms with Crippen LogP contribution in [-0.4, -0.2) is 15.9 Å². The average molecular weight is 321 g/mol. The van der Waals surface area contributed by atoms with Crippen LogP contribution in [0.2, 0.25) is 0 Å². The van der Waals surface area contributed by atoms with Gasteiger partial charge in [0.1, 0.15) is 5.69 Å². The lowest BCUT2D eigenvalue weighted by atomic mass is 10.1. The molecule has 2 heterocycles. The third-order valence-corrected chi connectivity index (χ3v) is 3.69. The first-order valence-corrected chi connectivity index (χ1v) is 7.97. The van der Waals surface area contributed by atoms with E-state index in [0.717, 1.165) is 12.8 Å². The second-order valence-electron chi connectivity index (χ2n) is 5.44. The number of aryl methyl sites for hydroxylation is 1. The van der Waals surface area contributed by atoms with Gasteiger partial charge in [0.25, 0.3) is 0 Å². The van der Waals surface area contributed by atoms with E-state index >= 15 is 0 Å². The van der Waals surface area contributed by atoms with Crippen LogP contribution in [0.1, 0.15) is 24.1 Å². The maximum absolute atomic E-state index is 12.0. The van der Waals surface area contributed by atoms with Crippen molar-refractivity contribution >= 4 is 5.91 Å². The molecule has 3 rings (SSSR count). The third kappa shape index (κ3) is 4.29. The summed E-state index contributed by atoms with van der Waals surface area (Å²) in [4.78, 5) is 20.6. The van der Waals surface area contributed by atoms with Crippen molar-refractivity contribution in [1.29, 1.82) is 0 Å². The Morgan fingerprint density at radius 1 is 1.04 bits per heavy atom. The Bertz CT molecular complexity index is 770. The summed E-state index contributed by atoms with van der Waals surface area (Å²) in [5.41, 5.74) is 2.61. The molecule has 5 heteroatoms. The molecule has 0 saturated carbocycles. The number of rotatable bonds is 7. The Morgan fingerprint density at radius 2 is 1.88 bits per heavy atom. The third-order valence-electron chi connectivity index (χ3n) is 3.69. The van der Waals surface area contributed by atoms with Gasteiger partial charge in [0.05, 0.1) is 18.5 Å². The molecule has 0 fully saturated rings. The number of aromatic nitrogens is 2. The van der Waals surface area contributed by atoms with Gasteiger partial charge >= 0.3 is 0 Å². The molecule has 0 radical (unpaired) electrons. The summed E-state index contributed by atoms with van der Waals surface area (Å²) in [5, 5.41) is 2.90. The molecule has 0 atom stereocenters. The van der Waals surface area contributed by atoms with Crippen LogP contribution < -0.4 is 5.32 Å². The first-order valence-electron chi connectivity index (χ1n) is 7.97. The molecule has 5 nitrogen and oxygen atoms in total. The Labute approximate surface area is 140 Å². The van der Waals surface area contributed by atoms with Crippen molar-refractivity contribution in [2.75, 3.05) is 0 Å². The maximum Gasteiger partial charge on any atom is 0.220 e. The van der Waals surface area contributed by atoms with Crippen LogP contribution in [0, 0.1) is 0 Å².